The number of amides is 1. The normalized spacial score (nSPS) is 21.9. The Bertz CT molecular complexity index is 421. The topological polar surface area (TPSA) is 53.7 Å². The van der Waals surface area contributed by atoms with Gasteiger partial charge in [0.1, 0.15) is 11.9 Å². The summed E-state index contributed by atoms with van der Waals surface area (Å²) in [6.07, 6.45) is 6.10. The third kappa shape index (κ3) is 3.79. The van der Waals surface area contributed by atoms with Crippen molar-refractivity contribution in [3.05, 3.63) is 24.2 Å². The third-order valence-corrected chi connectivity index (χ3v) is 4.90. The van der Waals surface area contributed by atoms with Gasteiger partial charge in [0, 0.05) is 30.7 Å². The van der Waals surface area contributed by atoms with Gasteiger partial charge < -0.3 is 14.4 Å². The van der Waals surface area contributed by atoms with Gasteiger partial charge in [-0.2, -0.15) is 11.8 Å². The van der Waals surface area contributed by atoms with Crippen LogP contribution in [-0.4, -0.2) is 40.0 Å². The summed E-state index contributed by atoms with van der Waals surface area (Å²) < 4.78 is 5.23. The molecule has 1 N–H and O–H groups in total. The van der Waals surface area contributed by atoms with Crippen molar-refractivity contribution in [2.24, 2.45) is 0 Å². The Labute approximate surface area is 124 Å². The van der Waals surface area contributed by atoms with Gasteiger partial charge in [-0.25, -0.2) is 0 Å². The van der Waals surface area contributed by atoms with Crippen molar-refractivity contribution in [3.63, 3.8) is 0 Å². The van der Waals surface area contributed by atoms with Crippen molar-refractivity contribution >= 4 is 17.7 Å². The van der Waals surface area contributed by atoms with E-state index in [2.05, 4.69) is 6.92 Å². The van der Waals surface area contributed by atoms with Gasteiger partial charge >= 0.3 is 0 Å². The van der Waals surface area contributed by atoms with Gasteiger partial charge in [-0.1, -0.05) is 6.92 Å². The first kappa shape index (κ1) is 15.4. The molecule has 20 heavy (non-hydrogen) atoms. The Morgan fingerprint density at radius 1 is 1.65 bits per heavy atom. The van der Waals surface area contributed by atoms with Crippen molar-refractivity contribution in [2.45, 2.75) is 50.0 Å². The van der Waals surface area contributed by atoms with E-state index in [0.717, 1.165) is 19.4 Å². The van der Waals surface area contributed by atoms with Crippen LogP contribution in [-0.2, 0) is 4.79 Å². The lowest BCUT2D eigenvalue weighted by Crippen LogP contribution is -2.37. The Kier molecular flexibility index (Phi) is 5.54. The van der Waals surface area contributed by atoms with Gasteiger partial charge in [0.15, 0.2) is 0 Å². The van der Waals surface area contributed by atoms with Crippen LogP contribution in [0.2, 0.25) is 0 Å². The molecule has 2 heterocycles. The fraction of sp³-hybridized carbons (Fsp3) is 0.667. The highest BCUT2D eigenvalue weighted by Gasteiger charge is 2.31. The van der Waals surface area contributed by atoms with Crippen LogP contribution in [0.15, 0.2) is 22.8 Å². The summed E-state index contributed by atoms with van der Waals surface area (Å²) >= 11 is 1.71. The number of aliphatic hydroxyl groups is 1. The van der Waals surface area contributed by atoms with Gasteiger partial charge in [0.25, 0.3) is 0 Å². The highest BCUT2D eigenvalue weighted by atomic mass is 32.2. The van der Waals surface area contributed by atoms with Crippen molar-refractivity contribution in [3.8, 4) is 0 Å². The summed E-state index contributed by atoms with van der Waals surface area (Å²) in [6.45, 7) is 2.89. The zero-order chi connectivity index (χ0) is 14.5. The third-order valence-electron chi connectivity index (χ3n) is 3.93. The summed E-state index contributed by atoms with van der Waals surface area (Å²) in [5, 5.41) is 10.5. The number of thioether (sulfide) groups is 1. The molecule has 0 spiro atoms. The highest BCUT2D eigenvalue weighted by molar-refractivity contribution is 7.99. The smallest absolute Gasteiger partial charge is 0.223 e. The highest BCUT2D eigenvalue weighted by Crippen LogP contribution is 2.28. The lowest BCUT2D eigenvalue weighted by Gasteiger charge is -2.27. The standard InChI is InChI=1S/C15H23NO3S/c1-11(20-2)9-15(18)16-7-3-5-12(16)10-13(17)14-6-4-8-19-14/h4,6,8,11-13,17H,3,5,7,9-10H2,1-2H3. The molecule has 112 valence electrons. The summed E-state index contributed by atoms with van der Waals surface area (Å²) in [7, 11) is 0. The Morgan fingerprint density at radius 3 is 3.10 bits per heavy atom. The van der Waals surface area contributed by atoms with E-state index in [1.165, 1.54) is 0 Å². The van der Waals surface area contributed by atoms with E-state index in [9.17, 15) is 9.90 Å². The number of hydrogen-bond acceptors (Lipinski definition) is 4. The number of rotatable bonds is 6. The SMILES string of the molecule is CSC(C)CC(=O)N1CCCC1CC(O)c1ccco1. The minimum atomic E-state index is -0.624. The molecule has 3 unspecified atom stereocenters. The van der Waals surface area contributed by atoms with Crippen LogP contribution < -0.4 is 0 Å². The number of likely N-dealkylation sites (tertiary alicyclic amines) is 1. The van der Waals surface area contributed by atoms with Crippen molar-refractivity contribution < 1.29 is 14.3 Å². The molecule has 0 bridgehead atoms. The molecule has 5 heteroatoms. The lowest BCUT2D eigenvalue weighted by molar-refractivity contribution is -0.132. The van der Waals surface area contributed by atoms with Gasteiger partial charge in [0.05, 0.1) is 6.26 Å². The molecule has 1 aliphatic rings. The van der Waals surface area contributed by atoms with Crippen LogP contribution in [0.25, 0.3) is 0 Å². The zero-order valence-electron chi connectivity index (χ0n) is 12.1. The van der Waals surface area contributed by atoms with Crippen molar-refractivity contribution in [2.75, 3.05) is 12.8 Å². The van der Waals surface area contributed by atoms with E-state index in [1.54, 1.807) is 30.2 Å². The number of hydrogen-bond donors (Lipinski definition) is 1. The average molecular weight is 297 g/mol. The van der Waals surface area contributed by atoms with Crippen LogP contribution in [0.1, 0.15) is 44.5 Å². The molecule has 2 rings (SSSR count). The largest absolute Gasteiger partial charge is 0.467 e. The lowest BCUT2D eigenvalue weighted by atomic mass is 10.0. The molecular formula is C15H23NO3S. The van der Waals surface area contributed by atoms with Gasteiger partial charge in [-0.3, -0.25) is 4.79 Å². The van der Waals surface area contributed by atoms with Gasteiger partial charge in [-0.15, -0.1) is 0 Å². The second-order valence-electron chi connectivity index (χ2n) is 5.40. The fourth-order valence-corrected chi connectivity index (χ4v) is 3.02. The van der Waals surface area contributed by atoms with Crippen LogP contribution in [0.3, 0.4) is 0 Å². The van der Waals surface area contributed by atoms with E-state index in [-0.39, 0.29) is 11.9 Å². The quantitative estimate of drug-likeness (QED) is 0.877. The first-order valence-electron chi connectivity index (χ1n) is 7.15. The number of aliphatic hydroxyl groups excluding tert-OH is 1. The monoisotopic (exact) mass is 297 g/mol. The number of nitrogens with zero attached hydrogens (tertiary/aromatic N) is 1. The number of carbonyl (C=O) groups is 1. The minimum absolute atomic E-state index is 0.136. The van der Waals surface area contributed by atoms with E-state index < -0.39 is 6.10 Å². The molecule has 4 nitrogen and oxygen atoms in total. The molecule has 1 saturated heterocycles. The van der Waals surface area contributed by atoms with E-state index in [4.69, 9.17) is 4.42 Å². The molecule has 0 saturated carbocycles. The molecule has 1 fully saturated rings. The molecule has 0 radical (unpaired) electrons. The molecule has 1 aliphatic heterocycles. The molecule has 3 atom stereocenters. The van der Waals surface area contributed by atoms with Gasteiger partial charge in [-0.05, 0) is 31.2 Å². The predicted molar refractivity (Wildman–Crippen MR) is 80.6 cm³/mol. The summed E-state index contributed by atoms with van der Waals surface area (Å²) in [6, 6.07) is 3.69. The molecule has 1 aromatic rings. The first-order valence-corrected chi connectivity index (χ1v) is 8.44. The number of carbonyl (C=O) groups excluding carboxylic acids is 1. The Hall–Kier alpha value is -0.940. The maximum absolute atomic E-state index is 12.3. The van der Waals surface area contributed by atoms with Crippen molar-refractivity contribution in [1.29, 1.82) is 0 Å². The maximum atomic E-state index is 12.3. The first-order chi connectivity index (χ1) is 9.61. The van der Waals surface area contributed by atoms with E-state index in [0.29, 0.717) is 23.9 Å². The minimum Gasteiger partial charge on any atom is -0.467 e. The average Bonchev–Trinajstić information content (AvgIpc) is 3.09. The molecule has 1 aromatic heterocycles. The molecule has 0 aromatic carbocycles. The van der Waals surface area contributed by atoms with Crippen LogP contribution in [0.5, 0.6) is 0 Å². The molecular weight excluding hydrogens is 274 g/mol. The van der Waals surface area contributed by atoms with Crippen molar-refractivity contribution in [1.82, 2.24) is 4.90 Å². The van der Waals surface area contributed by atoms with Gasteiger partial charge in [0.2, 0.25) is 5.91 Å². The van der Waals surface area contributed by atoms with Crippen LogP contribution in [0, 0.1) is 0 Å². The maximum Gasteiger partial charge on any atom is 0.223 e. The summed E-state index contributed by atoms with van der Waals surface area (Å²) in [5.74, 6) is 0.794. The molecule has 0 aliphatic carbocycles. The second-order valence-corrected chi connectivity index (χ2v) is 6.68. The molecule has 1 amide bonds. The van der Waals surface area contributed by atoms with E-state index in [1.807, 2.05) is 11.2 Å². The zero-order valence-corrected chi connectivity index (χ0v) is 12.9. The number of furan rings is 1. The predicted octanol–water partition coefficient (Wildman–Crippen LogP) is 2.84. The Balaban J connectivity index is 1.92. The van der Waals surface area contributed by atoms with E-state index >= 15 is 0 Å². The summed E-state index contributed by atoms with van der Waals surface area (Å²) in [4.78, 5) is 14.2. The summed E-state index contributed by atoms with van der Waals surface area (Å²) in [5.41, 5.74) is 0. The van der Waals surface area contributed by atoms with Crippen LogP contribution in [0.4, 0.5) is 0 Å². The van der Waals surface area contributed by atoms with Crippen LogP contribution >= 0.6 is 11.8 Å². The second kappa shape index (κ2) is 7.18. The fourth-order valence-electron chi connectivity index (χ4n) is 2.71. The Morgan fingerprint density at radius 2 is 2.45 bits per heavy atom.